The lowest BCUT2D eigenvalue weighted by molar-refractivity contribution is -0.140. The van der Waals surface area contributed by atoms with E-state index in [2.05, 4.69) is 5.32 Å². The maximum Gasteiger partial charge on any atom is 0.264 e. The fraction of sp³-hybridized carbons (Fsp3) is 0.333. The van der Waals surface area contributed by atoms with Crippen LogP contribution in [-0.4, -0.2) is 44.3 Å². The molecular weight excluding hydrogens is 498 g/mol. The molecule has 3 aromatic carbocycles. The highest BCUT2D eigenvalue weighted by atomic mass is 32.2. The second-order valence-electron chi connectivity index (χ2n) is 9.17. The largest absolute Gasteiger partial charge is 0.355 e. The number of hydrogen-bond donors (Lipinski definition) is 1. The lowest BCUT2D eigenvalue weighted by atomic mass is 10.1. The molecule has 0 unspecified atom stereocenters. The Bertz CT molecular complexity index is 1310. The second-order valence-corrected chi connectivity index (χ2v) is 11.0. The average Bonchev–Trinajstić information content (AvgIpc) is 2.93. The quantitative estimate of drug-likeness (QED) is 0.364. The van der Waals surface area contributed by atoms with E-state index in [1.54, 1.807) is 30.3 Å². The summed E-state index contributed by atoms with van der Waals surface area (Å²) in [7, 11) is -4.06. The molecule has 0 saturated heterocycles. The molecule has 0 aliphatic carbocycles. The predicted octanol–water partition coefficient (Wildman–Crippen LogP) is 4.70. The van der Waals surface area contributed by atoms with E-state index in [0.717, 1.165) is 27.4 Å². The highest BCUT2D eigenvalue weighted by molar-refractivity contribution is 7.92. The van der Waals surface area contributed by atoms with Crippen LogP contribution >= 0.6 is 0 Å². The van der Waals surface area contributed by atoms with Crippen LogP contribution in [0.1, 0.15) is 43.9 Å². The molecule has 3 aromatic rings. The minimum absolute atomic E-state index is 0.0909. The van der Waals surface area contributed by atoms with Crippen molar-refractivity contribution < 1.29 is 18.0 Å². The molecule has 38 heavy (non-hydrogen) atoms. The van der Waals surface area contributed by atoms with Crippen LogP contribution in [0.25, 0.3) is 0 Å². The normalized spacial score (nSPS) is 12.0. The molecule has 0 fully saturated rings. The lowest BCUT2D eigenvalue weighted by Gasteiger charge is -2.33. The zero-order valence-electron chi connectivity index (χ0n) is 22.6. The zero-order chi connectivity index (χ0) is 27.7. The van der Waals surface area contributed by atoms with Crippen molar-refractivity contribution >= 4 is 27.5 Å². The standard InChI is InChI=1S/C30H37N3O4S/c1-5-24-17-19-26(20-18-24)33(38(36,37)27-11-9-8-10-12-27)22-29(34)32(28(6-2)30(35)31-7-3)21-25-15-13-23(4)14-16-25/h8-20,28H,5-7,21-22H2,1-4H3,(H,31,35)/t28-/m0/s1. The van der Waals surface area contributed by atoms with Gasteiger partial charge in [0.15, 0.2) is 0 Å². The number of benzene rings is 3. The van der Waals surface area contributed by atoms with Gasteiger partial charge in [-0.3, -0.25) is 13.9 Å². The predicted molar refractivity (Wildman–Crippen MR) is 151 cm³/mol. The number of carbonyl (C=O) groups is 2. The van der Waals surface area contributed by atoms with E-state index in [0.29, 0.717) is 18.7 Å². The van der Waals surface area contributed by atoms with Gasteiger partial charge >= 0.3 is 0 Å². The Hall–Kier alpha value is -3.65. The van der Waals surface area contributed by atoms with Crippen LogP contribution in [0.5, 0.6) is 0 Å². The molecule has 0 radical (unpaired) electrons. The molecule has 7 nitrogen and oxygen atoms in total. The minimum atomic E-state index is -4.06. The SMILES string of the molecule is CCNC(=O)[C@H](CC)N(Cc1ccc(C)cc1)C(=O)CN(c1ccc(CC)cc1)S(=O)(=O)c1ccccc1. The molecule has 8 heteroatoms. The molecule has 1 N–H and O–H groups in total. The molecule has 0 saturated carbocycles. The number of anilines is 1. The number of hydrogen-bond acceptors (Lipinski definition) is 4. The number of amides is 2. The van der Waals surface area contributed by atoms with Gasteiger partial charge in [-0.15, -0.1) is 0 Å². The Balaban J connectivity index is 2.04. The van der Waals surface area contributed by atoms with Crippen molar-refractivity contribution in [1.82, 2.24) is 10.2 Å². The van der Waals surface area contributed by atoms with Crippen LogP contribution in [0.2, 0.25) is 0 Å². The Morgan fingerprint density at radius 3 is 2.00 bits per heavy atom. The maximum atomic E-state index is 13.9. The fourth-order valence-electron chi connectivity index (χ4n) is 4.25. The first-order valence-electron chi connectivity index (χ1n) is 13.0. The Morgan fingerprint density at radius 2 is 1.45 bits per heavy atom. The highest BCUT2D eigenvalue weighted by Crippen LogP contribution is 2.25. The first-order valence-corrected chi connectivity index (χ1v) is 14.4. The van der Waals surface area contributed by atoms with Crippen molar-refractivity contribution in [2.24, 2.45) is 0 Å². The molecular formula is C30H37N3O4S. The monoisotopic (exact) mass is 535 g/mol. The fourth-order valence-corrected chi connectivity index (χ4v) is 5.68. The summed E-state index contributed by atoms with van der Waals surface area (Å²) in [5.74, 6) is -0.719. The summed E-state index contributed by atoms with van der Waals surface area (Å²) in [6.45, 7) is 7.84. The molecule has 0 aliphatic heterocycles. The number of nitrogens with one attached hydrogen (secondary N) is 1. The van der Waals surface area contributed by atoms with Gasteiger partial charge in [-0.2, -0.15) is 0 Å². The molecule has 0 aliphatic rings. The van der Waals surface area contributed by atoms with Crippen LogP contribution in [0.15, 0.2) is 83.8 Å². The van der Waals surface area contributed by atoms with Crippen molar-refractivity contribution in [1.29, 1.82) is 0 Å². The molecule has 0 spiro atoms. The summed E-state index contributed by atoms with van der Waals surface area (Å²) in [5.41, 5.74) is 3.38. The number of carbonyl (C=O) groups excluding carboxylic acids is 2. The molecule has 0 bridgehead atoms. The average molecular weight is 536 g/mol. The van der Waals surface area contributed by atoms with Crippen molar-refractivity contribution in [3.05, 3.63) is 95.6 Å². The van der Waals surface area contributed by atoms with Gasteiger partial charge in [-0.05, 0) is 62.1 Å². The van der Waals surface area contributed by atoms with Crippen LogP contribution < -0.4 is 9.62 Å². The van der Waals surface area contributed by atoms with Crippen LogP contribution in [0, 0.1) is 6.92 Å². The second kappa shape index (κ2) is 13.2. The van der Waals surface area contributed by atoms with E-state index in [4.69, 9.17) is 0 Å². The van der Waals surface area contributed by atoms with E-state index >= 15 is 0 Å². The molecule has 0 aromatic heterocycles. The van der Waals surface area contributed by atoms with Gasteiger partial charge in [0.25, 0.3) is 10.0 Å². The van der Waals surface area contributed by atoms with E-state index in [9.17, 15) is 18.0 Å². The molecule has 0 heterocycles. The molecule has 2 amide bonds. The van der Waals surface area contributed by atoms with Gasteiger partial charge in [-0.25, -0.2) is 8.42 Å². The van der Waals surface area contributed by atoms with E-state index < -0.39 is 28.5 Å². The van der Waals surface area contributed by atoms with E-state index in [-0.39, 0.29) is 17.3 Å². The number of aryl methyl sites for hydroxylation is 2. The number of rotatable bonds is 12. The van der Waals surface area contributed by atoms with Gasteiger partial charge < -0.3 is 10.2 Å². The first kappa shape index (κ1) is 28.9. The summed E-state index contributed by atoms with van der Waals surface area (Å²) in [5, 5.41) is 2.82. The van der Waals surface area contributed by atoms with Crippen LogP contribution in [0.3, 0.4) is 0 Å². The third-order valence-electron chi connectivity index (χ3n) is 6.45. The van der Waals surface area contributed by atoms with Gasteiger partial charge in [0.2, 0.25) is 11.8 Å². The van der Waals surface area contributed by atoms with Crippen LogP contribution in [0.4, 0.5) is 5.69 Å². The maximum absolute atomic E-state index is 13.9. The van der Waals surface area contributed by atoms with Gasteiger partial charge in [-0.1, -0.05) is 74.0 Å². The first-order chi connectivity index (χ1) is 18.2. The van der Waals surface area contributed by atoms with Crippen LogP contribution in [-0.2, 0) is 32.6 Å². The zero-order valence-corrected chi connectivity index (χ0v) is 23.4. The molecule has 1 atom stereocenters. The Kier molecular flexibility index (Phi) is 10.1. The van der Waals surface area contributed by atoms with Gasteiger partial charge in [0.05, 0.1) is 10.6 Å². The highest BCUT2D eigenvalue weighted by Gasteiger charge is 2.33. The molecule has 202 valence electrons. The Morgan fingerprint density at radius 1 is 0.842 bits per heavy atom. The summed E-state index contributed by atoms with van der Waals surface area (Å²) in [6, 6.07) is 22.2. The third kappa shape index (κ3) is 7.01. The lowest BCUT2D eigenvalue weighted by Crippen LogP contribution is -2.52. The topological polar surface area (TPSA) is 86.8 Å². The number of sulfonamides is 1. The summed E-state index contributed by atoms with van der Waals surface area (Å²) < 4.78 is 28.7. The van der Waals surface area contributed by atoms with E-state index in [1.807, 2.05) is 64.1 Å². The van der Waals surface area contributed by atoms with Gasteiger partial charge in [0, 0.05) is 13.1 Å². The number of likely N-dealkylation sites (N-methyl/N-ethyl adjacent to an activating group) is 1. The van der Waals surface area contributed by atoms with Crippen molar-refractivity contribution in [2.75, 3.05) is 17.4 Å². The Labute approximate surface area is 226 Å². The number of nitrogens with zero attached hydrogens (tertiary/aromatic N) is 2. The van der Waals surface area contributed by atoms with Crippen molar-refractivity contribution in [3.8, 4) is 0 Å². The minimum Gasteiger partial charge on any atom is -0.355 e. The van der Waals surface area contributed by atoms with Crippen molar-refractivity contribution in [2.45, 2.75) is 58.0 Å². The van der Waals surface area contributed by atoms with Gasteiger partial charge in [0.1, 0.15) is 12.6 Å². The molecule has 3 rings (SSSR count). The smallest absolute Gasteiger partial charge is 0.264 e. The van der Waals surface area contributed by atoms with Crippen molar-refractivity contribution in [3.63, 3.8) is 0 Å². The summed E-state index contributed by atoms with van der Waals surface area (Å²) in [4.78, 5) is 28.5. The third-order valence-corrected chi connectivity index (χ3v) is 8.24. The summed E-state index contributed by atoms with van der Waals surface area (Å²) in [6.07, 6.45) is 1.19. The summed E-state index contributed by atoms with van der Waals surface area (Å²) >= 11 is 0. The van der Waals surface area contributed by atoms with E-state index in [1.165, 1.54) is 17.0 Å².